The van der Waals surface area contributed by atoms with Crippen LogP contribution in [0.5, 0.6) is 0 Å². The van der Waals surface area contributed by atoms with E-state index >= 15 is 0 Å². The second kappa shape index (κ2) is 7.88. The van der Waals surface area contributed by atoms with Crippen molar-refractivity contribution in [3.63, 3.8) is 0 Å². The highest BCUT2D eigenvalue weighted by molar-refractivity contribution is 6.30. The largest absolute Gasteiger partial charge is 0.466 e. The first-order chi connectivity index (χ1) is 13.0. The topological polar surface area (TPSA) is 78.7 Å². The maximum atomic E-state index is 11.6. The highest BCUT2D eigenvalue weighted by atomic mass is 35.5. The van der Waals surface area contributed by atoms with Crippen molar-refractivity contribution in [2.24, 2.45) is 0 Å². The van der Waals surface area contributed by atoms with Crippen LogP contribution in [0.3, 0.4) is 0 Å². The molecule has 2 aromatic rings. The van der Waals surface area contributed by atoms with Gasteiger partial charge in [0.25, 0.3) is 5.69 Å². The molecule has 0 saturated carbocycles. The molecule has 3 rings (SSSR count). The Morgan fingerprint density at radius 1 is 1.15 bits per heavy atom. The molecule has 0 saturated heterocycles. The molecule has 136 valence electrons. The van der Waals surface area contributed by atoms with E-state index in [1.165, 1.54) is 25.3 Å². The summed E-state index contributed by atoms with van der Waals surface area (Å²) in [6.07, 6.45) is 4.64. The quantitative estimate of drug-likeness (QED) is 0.329. The van der Waals surface area contributed by atoms with Gasteiger partial charge in [0.1, 0.15) is 11.5 Å². The zero-order valence-electron chi connectivity index (χ0n) is 14.2. The van der Waals surface area contributed by atoms with Crippen LogP contribution in [0.1, 0.15) is 11.1 Å². The molecule has 2 aromatic carbocycles. The van der Waals surface area contributed by atoms with Crippen molar-refractivity contribution in [3.05, 3.63) is 98.8 Å². The minimum absolute atomic E-state index is 0.0573. The molecule has 0 bridgehead atoms. The Morgan fingerprint density at radius 3 is 2.56 bits per heavy atom. The van der Waals surface area contributed by atoms with Gasteiger partial charge in [0.15, 0.2) is 0 Å². The number of esters is 1. The zero-order valence-corrected chi connectivity index (χ0v) is 15.0. The van der Waals surface area contributed by atoms with Crippen LogP contribution in [0.4, 0.5) is 5.69 Å². The van der Waals surface area contributed by atoms with E-state index in [9.17, 15) is 14.9 Å². The van der Waals surface area contributed by atoms with Crippen molar-refractivity contribution in [3.8, 4) is 0 Å². The molecule has 0 fully saturated rings. The Labute approximate surface area is 160 Å². The van der Waals surface area contributed by atoms with Gasteiger partial charge in [-0.15, -0.1) is 0 Å². The average Bonchev–Trinajstić information content (AvgIpc) is 2.68. The predicted molar refractivity (Wildman–Crippen MR) is 102 cm³/mol. The van der Waals surface area contributed by atoms with Gasteiger partial charge < -0.3 is 9.47 Å². The number of nitro benzene ring substituents is 1. The fourth-order valence-corrected chi connectivity index (χ4v) is 2.62. The van der Waals surface area contributed by atoms with Gasteiger partial charge in [0.2, 0.25) is 0 Å². The first-order valence-corrected chi connectivity index (χ1v) is 8.26. The van der Waals surface area contributed by atoms with E-state index in [1.807, 2.05) is 12.1 Å². The molecule has 0 unspecified atom stereocenters. The first-order valence-electron chi connectivity index (χ1n) is 7.88. The summed E-state index contributed by atoms with van der Waals surface area (Å²) in [5.74, 6) is 0.0640. The molecule has 0 aromatic heterocycles. The summed E-state index contributed by atoms with van der Waals surface area (Å²) in [4.78, 5) is 22.2. The molecule has 1 heterocycles. The molecular weight excluding hydrogens is 370 g/mol. The number of carbonyl (C=O) groups is 1. The highest BCUT2D eigenvalue weighted by Crippen LogP contribution is 2.33. The number of ether oxygens (including phenoxy) is 2. The summed E-state index contributed by atoms with van der Waals surface area (Å²) >= 11 is 5.94. The molecule has 0 spiro atoms. The number of allylic oxidation sites excluding steroid dienone is 3. The van der Waals surface area contributed by atoms with Crippen LogP contribution in [0.15, 0.2) is 72.5 Å². The Morgan fingerprint density at radius 2 is 1.89 bits per heavy atom. The summed E-state index contributed by atoms with van der Waals surface area (Å²) in [6, 6.07) is 13.2. The van der Waals surface area contributed by atoms with Gasteiger partial charge >= 0.3 is 5.97 Å². The van der Waals surface area contributed by atoms with Crippen molar-refractivity contribution >= 4 is 34.6 Å². The second-order valence-corrected chi connectivity index (χ2v) is 6.03. The van der Waals surface area contributed by atoms with Crippen molar-refractivity contribution in [1.29, 1.82) is 0 Å². The summed E-state index contributed by atoms with van der Waals surface area (Å²) < 4.78 is 10.4. The van der Waals surface area contributed by atoms with Gasteiger partial charge in [-0.25, -0.2) is 4.79 Å². The van der Waals surface area contributed by atoms with Gasteiger partial charge in [0, 0.05) is 22.7 Å². The molecule has 7 heteroatoms. The maximum Gasteiger partial charge on any atom is 0.334 e. The number of carbonyl (C=O) groups excluding carboxylic acids is 1. The lowest BCUT2D eigenvalue weighted by molar-refractivity contribution is -0.384. The number of nitro groups is 1. The fraction of sp³-hybridized carbons (Fsp3) is 0.0500. The van der Waals surface area contributed by atoms with E-state index in [4.69, 9.17) is 16.3 Å². The molecule has 0 atom stereocenters. The summed E-state index contributed by atoms with van der Waals surface area (Å²) in [6.45, 7) is 0. The number of rotatable bonds is 4. The average molecular weight is 384 g/mol. The van der Waals surface area contributed by atoms with E-state index in [0.717, 1.165) is 11.1 Å². The first kappa shape index (κ1) is 18.4. The number of hydrogen-bond acceptors (Lipinski definition) is 5. The van der Waals surface area contributed by atoms with Crippen LogP contribution in [0.25, 0.3) is 11.3 Å². The Bertz CT molecular complexity index is 990. The second-order valence-electron chi connectivity index (χ2n) is 5.59. The lowest BCUT2D eigenvalue weighted by Crippen LogP contribution is -2.03. The third kappa shape index (κ3) is 4.43. The normalized spacial score (nSPS) is 14.8. The highest BCUT2D eigenvalue weighted by Gasteiger charge is 2.17. The number of nitrogens with zero attached hydrogens (tertiary/aromatic N) is 1. The van der Waals surface area contributed by atoms with Crippen molar-refractivity contribution < 1.29 is 19.2 Å². The van der Waals surface area contributed by atoms with Gasteiger partial charge in [-0.1, -0.05) is 35.9 Å². The molecule has 1 aliphatic rings. The van der Waals surface area contributed by atoms with E-state index in [1.54, 1.807) is 36.4 Å². The SMILES string of the molecule is COC(=O)/C=C1/C=C(c2ccc(Cl)cc2)C=C(c2cccc([N+](=O)[O-])c2)O1. The van der Waals surface area contributed by atoms with E-state index < -0.39 is 10.9 Å². The molecule has 0 amide bonds. The third-order valence-corrected chi connectivity index (χ3v) is 4.04. The van der Waals surface area contributed by atoms with E-state index in [-0.39, 0.29) is 11.4 Å². The molecule has 0 aliphatic carbocycles. The van der Waals surface area contributed by atoms with Crippen LogP contribution < -0.4 is 0 Å². The monoisotopic (exact) mass is 383 g/mol. The van der Waals surface area contributed by atoms with Gasteiger partial charge in [-0.2, -0.15) is 0 Å². The molecule has 6 nitrogen and oxygen atoms in total. The molecule has 27 heavy (non-hydrogen) atoms. The summed E-state index contributed by atoms with van der Waals surface area (Å²) in [7, 11) is 1.27. The fourth-order valence-electron chi connectivity index (χ4n) is 2.49. The smallest absolute Gasteiger partial charge is 0.334 e. The van der Waals surface area contributed by atoms with Gasteiger partial charge in [0.05, 0.1) is 18.1 Å². The number of benzene rings is 2. The predicted octanol–water partition coefficient (Wildman–Crippen LogP) is 4.76. The number of non-ortho nitro benzene ring substituents is 1. The van der Waals surface area contributed by atoms with Gasteiger partial charge in [-0.3, -0.25) is 10.1 Å². The van der Waals surface area contributed by atoms with Crippen LogP contribution in [0.2, 0.25) is 5.02 Å². The van der Waals surface area contributed by atoms with Crippen LogP contribution in [-0.2, 0) is 14.3 Å². The van der Waals surface area contributed by atoms with Crippen molar-refractivity contribution in [2.45, 2.75) is 0 Å². The molecular formula is C20H14ClNO5. The number of methoxy groups -OCH3 is 1. The summed E-state index contributed by atoms with van der Waals surface area (Å²) in [5.41, 5.74) is 2.06. The van der Waals surface area contributed by atoms with Crippen LogP contribution >= 0.6 is 11.6 Å². The lowest BCUT2D eigenvalue weighted by Gasteiger charge is -2.18. The third-order valence-electron chi connectivity index (χ3n) is 3.79. The van der Waals surface area contributed by atoms with Crippen LogP contribution in [-0.4, -0.2) is 18.0 Å². The molecule has 0 N–H and O–H groups in total. The van der Waals surface area contributed by atoms with Crippen molar-refractivity contribution in [2.75, 3.05) is 7.11 Å². The Kier molecular flexibility index (Phi) is 5.38. The lowest BCUT2D eigenvalue weighted by atomic mass is 10.0. The minimum atomic E-state index is -0.572. The van der Waals surface area contributed by atoms with E-state index in [2.05, 4.69) is 4.74 Å². The number of hydrogen-bond donors (Lipinski definition) is 0. The van der Waals surface area contributed by atoms with Crippen LogP contribution in [0, 0.1) is 10.1 Å². The standard InChI is InChI=1S/C20H14ClNO5/c1-26-20(23)12-18-10-15(13-5-7-16(21)8-6-13)11-19(27-18)14-3-2-4-17(9-14)22(24)25/h2-12H,1H3/b18-12-. The Balaban J connectivity index is 2.07. The number of halogens is 1. The molecule has 1 aliphatic heterocycles. The Hall–Kier alpha value is -3.38. The van der Waals surface area contributed by atoms with Gasteiger partial charge in [-0.05, 0) is 35.4 Å². The van der Waals surface area contributed by atoms with Crippen molar-refractivity contribution in [1.82, 2.24) is 0 Å². The molecule has 0 radical (unpaired) electrons. The maximum absolute atomic E-state index is 11.6. The minimum Gasteiger partial charge on any atom is -0.466 e. The van der Waals surface area contributed by atoms with E-state index in [0.29, 0.717) is 16.3 Å². The summed E-state index contributed by atoms with van der Waals surface area (Å²) in [5, 5.41) is 11.6. The zero-order chi connectivity index (χ0) is 19.4.